The van der Waals surface area contributed by atoms with Gasteiger partial charge in [-0.3, -0.25) is 4.79 Å². The zero-order chi connectivity index (χ0) is 6.69. The Morgan fingerprint density at radius 3 is 1.91 bits per heavy atom. The van der Waals surface area contributed by atoms with Crippen LogP contribution in [0.25, 0.3) is 0 Å². The SMILES string of the molecule is Bc1ccc(C=O)cc1.O.O. The van der Waals surface area contributed by atoms with E-state index in [1.165, 1.54) is 5.46 Å². The third kappa shape index (κ3) is 3.55. The Hall–Kier alpha value is -1.13. The summed E-state index contributed by atoms with van der Waals surface area (Å²) in [5.41, 5.74) is 1.92. The second-order valence-corrected chi connectivity index (χ2v) is 2.03. The maximum Gasteiger partial charge on any atom is 0.150 e. The zero-order valence-electron chi connectivity index (χ0n) is 6.29. The molecule has 0 radical (unpaired) electrons. The van der Waals surface area contributed by atoms with Crippen LogP contribution in [0.2, 0.25) is 0 Å². The normalized spacial score (nSPS) is 7.27. The third-order valence-electron chi connectivity index (χ3n) is 1.21. The fraction of sp³-hybridized carbons (Fsp3) is 0. The topological polar surface area (TPSA) is 80.1 Å². The molecule has 11 heavy (non-hydrogen) atoms. The van der Waals surface area contributed by atoms with Gasteiger partial charge in [0, 0.05) is 5.56 Å². The summed E-state index contributed by atoms with van der Waals surface area (Å²) in [5, 5.41) is 0. The lowest BCUT2D eigenvalue weighted by Gasteiger charge is -1.89. The summed E-state index contributed by atoms with van der Waals surface area (Å²) in [5.74, 6) is 0. The molecule has 0 aromatic heterocycles. The third-order valence-corrected chi connectivity index (χ3v) is 1.21. The summed E-state index contributed by atoms with van der Waals surface area (Å²) in [6.45, 7) is 0. The molecule has 0 saturated carbocycles. The van der Waals surface area contributed by atoms with Gasteiger partial charge in [0.1, 0.15) is 14.1 Å². The maximum atomic E-state index is 10.1. The Morgan fingerprint density at radius 1 is 1.09 bits per heavy atom. The molecule has 0 aliphatic rings. The van der Waals surface area contributed by atoms with Crippen molar-refractivity contribution in [2.45, 2.75) is 0 Å². The molecule has 0 heterocycles. The van der Waals surface area contributed by atoms with Crippen LogP contribution in [0.1, 0.15) is 10.4 Å². The van der Waals surface area contributed by atoms with E-state index in [0.29, 0.717) is 0 Å². The molecular weight excluding hydrogens is 143 g/mol. The van der Waals surface area contributed by atoms with E-state index in [1.807, 2.05) is 32.1 Å². The van der Waals surface area contributed by atoms with Crippen molar-refractivity contribution < 1.29 is 15.7 Å². The molecule has 0 aliphatic carbocycles. The molecule has 3 nitrogen and oxygen atoms in total. The highest BCUT2D eigenvalue weighted by atomic mass is 16.1. The van der Waals surface area contributed by atoms with Crippen molar-refractivity contribution in [3.05, 3.63) is 29.8 Å². The van der Waals surface area contributed by atoms with E-state index in [2.05, 4.69) is 0 Å². The van der Waals surface area contributed by atoms with Crippen molar-refractivity contribution in [1.29, 1.82) is 0 Å². The van der Waals surface area contributed by atoms with Gasteiger partial charge in [0.15, 0.2) is 0 Å². The maximum absolute atomic E-state index is 10.1. The number of hydrogen-bond acceptors (Lipinski definition) is 1. The van der Waals surface area contributed by atoms with Crippen LogP contribution in [0.3, 0.4) is 0 Å². The van der Waals surface area contributed by atoms with Gasteiger partial charge in [0.05, 0.1) is 0 Å². The summed E-state index contributed by atoms with van der Waals surface area (Å²) in [6, 6.07) is 7.46. The molecule has 0 unspecified atom stereocenters. The van der Waals surface area contributed by atoms with E-state index >= 15 is 0 Å². The van der Waals surface area contributed by atoms with Gasteiger partial charge >= 0.3 is 0 Å². The van der Waals surface area contributed by atoms with E-state index in [-0.39, 0.29) is 11.0 Å². The minimum Gasteiger partial charge on any atom is -0.412 e. The highest BCUT2D eigenvalue weighted by molar-refractivity contribution is 6.32. The first kappa shape index (κ1) is 12.5. The fourth-order valence-electron chi connectivity index (χ4n) is 0.645. The van der Waals surface area contributed by atoms with Crippen molar-refractivity contribution in [3.63, 3.8) is 0 Å². The van der Waals surface area contributed by atoms with Gasteiger partial charge in [-0.25, -0.2) is 0 Å². The Morgan fingerprint density at radius 2 is 1.55 bits per heavy atom. The zero-order valence-corrected chi connectivity index (χ0v) is 6.29. The van der Waals surface area contributed by atoms with Crippen LogP contribution < -0.4 is 5.46 Å². The van der Waals surface area contributed by atoms with E-state index in [1.54, 1.807) is 0 Å². The fourth-order valence-corrected chi connectivity index (χ4v) is 0.645. The van der Waals surface area contributed by atoms with Crippen LogP contribution in [0.4, 0.5) is 0 Å². The van der Waals surface area contributed by atoms with Crippen molar-refractivity contribution >= 4 is 19.6 Å². The van der Waals surface area contributed by atoms with Crippen LogP contribution in [0, 0.1) is 0 Å². The van der Waals surface area contributed by atoms with E-state index in [0.717, 1.165) is 11.8 Å². The van der Waals surface area contributed by atoms with Gasteiger partial charge in [-0.15, -0.1) is 0 Å². The molecule has 1 aromatic carbocycles. The Kier molecular flexibility index (Phi) is 6.44. The van der Waals surface area contributed by atoms with Crippen molar-refractivity contribution in [3.8, 4) is 0 Å². The van der Waals surface area contributed by atoms with Gasteiger partial charge in [0.25, 0.3) is 0 Å². The molecule has 0 bridgehead atoms. The predicted octanol–water partition coefficient (Wildman–Crippen LogP) is -1.89. The molecule has 0 atom stereocenters. The van der Waals surface area contributed by atoms with Crippen LogP contribution >= 0.6 is 0 Å². The molecular formula is C7H11BO3. The smallest absolute Gasteiger partial charge is 0.150 e. The molecule has 4 heteroatoms. The van der Waals surface area contributed by atoms with E-state index in [9.17, 15) is 4.79 Å². The Bertz CT molecular complexity index is 207. The van der Waals surface area contributed by atoms with Crippen LogP contribution in [0.15, 0.2) is 24.3 Å². The monoisotopic (exact) mass is 154 g/mol. The Balaban J connectivity index is 0. The van der Waals surface area contributed by atoms with Crippen LogP contribution in [-0.4, -0.2) is 25.1 Å². The van der Waals surface area contributed by atoms with Crippen molar-refractivity contribution in [2.24, 2.45) is 0 Å². The van der Waals surface area contributed by atoms with Crippen molar-refractivity contribution in [1.82, 2.24) is 0 Å². The summed E-state index contributed by atoms with van der Waals surface area (Å²) in [7, 11) is 1.99. The predicted molar refractivity (Wildman–Crippen MR) is 47.2 cm³/mol. The van der Waals surface area contributed by atoms with Gasteiger partial charge in [0.2, 0.25) is 0 Å². The molecule has 0 fully saturated rings. The van der Waals surface area contributed by atoms with E-state index in [4.69, 9.17) is 0 Å². The lowest BCUT2D eigenvalue weighted by atomic mass is 9.96. The van der Waals surface area contributed by atoms with Gasteiger partial charge in [-0.2, -0.15) is 0 Å². The average Bonchev–Trinajstić information content (AvgIpc) is 1.90. The standard InChI is InChI=1S/C7H7BO.2H2O/c8-7-3-1-6(5-9)2-4-7;;/h1-5H,8H2;2*1H2. The number of carbonyl (C=O) groups excluding carboxylic acids is 1. The highest BCUT2D eigenvalue weighted by Gasteiger charge is 1.85. The second kappa shape index (κ2) is 5.64. The number of hydrogen-bond donors (Lipinski definition) is 0. The number of aldehydes is 1. The quantitative estimate of drug-likeness (QED) is 0.344. The second-order valence-electron chi connectivity index (χ2n) is 2.03. The molecule has 60 valence electrons. The first-order valence-electron chi connectivity index (χ1n) is 2.85. The lowest BCUT2D eigenvalue weighted by molar-refractivity contribution is 0.112. The first-order valence-corrected chi connectivity index (χ1v) is 2.85. The van der Waals surface area contributed by atoms with Crippen LogP contribution in [0.5, 0.6) is 0 Å². The van der Waals surface area contributed by atoms with Crippen molar-refractivity contribution in [2.75, 3.05) is 0 Å². The summed E-state index contributed by atoms with van der Waals surface area (Å²) in [6.07, 6.45) is 0.847. The minimum atomic E-state index is 0. The lowest BCUT2D eigenvalue weighted by Crippen LogP contribution is -1.99. The molecule has 0 saturated heterocycles. The number of benzene rings is 1. The summed E-state index contributed by atoms with van der Waals surface area (Å²) < 4.78 is 0. The molecule has 0 aliphatic heterocycles. The summed E-state index contributed by atoms with van der Waals surface area (Å²) >= 11 is 0. The number of carbonyl (C=O) groups is 1. The number of rotatable bonds is 1. The molecule has 1 rings (SSSR count). The molecule has 0 spiro atoms. The molecule has 4 N–H and O–H groups in total. The average molecular weight is 154 g/mol. The van der Waals surface area contributed by atoms with E-state index < -0.39 is 0 Å². The van der Waals surface area contributed by atoms with Gasteiger partial charge in [-0.1, -0.05) is 29.7 Å². The van der Waals surface area contributed by atoms with Gasteiger partial charge < -0.3 is 11.0 Å². The first-order chi connectivity index (χ1) is 4.33. The van der Waals surface area contributed by atoms with Crippen LogP contribution in [-0.2, 0) is 0 Å². The largest absolute Gasteiger partial charge is 0.412 e. The highest BCUT2D eigenvalue weighted by Crippen LogP contribution is 1.89. The Labute approximate surface area is 66.1 Å². The molecule has 1 aromatic rings. The van der Waals surface area contributed by atoms with Gasteiger partial charge in [-0.05, 0) is 0 Å². The molecule has 0 amide bonds. The minimum absolute atomic E-state index is 0. The summed E-state index contributed by atoms with van der Waals surface area (Å²) in [4.78, 5) is 10.1.